The zero-order valence-electron chi connectivity index (χ0n) is 13.0. The van der Waals surface area contributed by atoms with Gasteiger partial charge in [-0.25, -0.2) is 4.39 Å². The van der Waals surface area contributed by atoms with Crippen LogP contribution in [-0.4, -0.2) is 29.1 Å². The van der Waals surface area contributed by atoms with Crippen molar-refractivity contribution in [3.05, 3.63) is 34.6 Å². The van der Waals surface area contributed by atoms with E-state index in [0.717, 1.165) is 19.0 Å². The van der Waals surface area contributed by atoms with Gasteiger partial charge in [0, 0.05) is 36.3 Å². The van der Waals surface area contributed by atoms with E-state index in [-0.39, 0.29) is 21.9 Å². The summed E-state index contributed by atoms with van der Waals surface area (Å²) in [6.07, 6.45) is 2.62. The van der Waals surface area contributed by atoms with Crippen LogP contribution in [0.25, 0.3) is 0 Å². The Bertz CT molecular complexity index is 542. The summed E-state index contributed by atoms with van der Waals surface area (Å²) in [4.78, 5) is 2.40. The van der Waals surface area contributed by atoms with E-state index >= 15 is 0 Å². The molecule has 1 N–H and O–H groups in total. The van der Waals surface area contributed by atoms with Gasteiger partial charge < -0.3 is 5.32 Å². The van der Waals surface area contributed by atoms with Crippen LogP contribution in [0.1, 0.15) is 39.2 Å². The maximum Gasteiger partial charge on any atom is 0.146 e. The van der Waals surface area contributed by atoms with Crippen molar-refractivity contribution in [1.29, 1.82) is 0 Å². The third-order valence-electron chi connectivity index (χ3n) is 5.17. The van der Waals surface area contributed by atoms with Gasteiger partial charge in [0.1, 0.15) is 5.82 Å². The average molecular weight is 311 g/mol. The van der Waals surface area contributed by atoms with Crippen LogP contribution in [0, 0.1) is 11.7 Å². The van der Waals surface area contributed by atoms with Gasteiger partial charge in [0.05, 0.1) is 5.02 Å². The predicted molar refractivity (Wildman–Crippen MR) is 85.0 cm³/mol. The molecule has 2 fully saturated rings. The summed E-state index contributed by atoms with van der Waals surface area (Å²) < 4.78 is 14.2. The van der Waals surface area contributed by atoms with Crippen molar-refractivity contribution in [2.45, 2.75) is 51.2 Å². The average Bonchev–Trinajstić information content (AvgIpc) is 3.25. The van der Waals surface area contributed by atoms with Gasteiger partial charge >= 0.3 is 0 Å². The monoisotopic (exact) mass is 310 g/mol. The quantitative estimate of drug-likeness (QED) is 0.912. The van der Waals surface area contributed by atoms with E-state index in [2.05, 4.69) is 31.0 Å². The van der Waals surface area contributed by atoms with Crippen LogP contribution in [0.5, 0.6) is 0 Å². The second kappa shape index (κ2) is 5.22. The lowest BCUT2D eigenvalue weighted by molar-refractivity contribution is 0.0171. The van der Waals surface area contributed by atoms with Gasteiger partial charge in [0.15, 0.2) is 0 Å². The maximum atomic E-state index is 14.2. The summed E-state index contributed by atoms with van der Waals surface area (Å²) in [5, 5.41) is 3.94. The molecule has 1 aliphatic heterocycles. The molecule has 0 amide bonds. The van der Waals surface area contributed by atoms with Crippen LogP contribution in [0.3, 0.4) is 0 Å². The van der Waals surface area contributed by atoms with Crippen LogP contribution in [0.15, 0.2) is 18.2 Å². The molecule has 1 atom stereocenters. The fourth-order valence-corrected chi connectivity index (χ4v) is 3.53. The first-order chi connectivity index (χ1) is 9.82. The summed E-state index contributed by atoms with van der Waals surface area (Å²) in [7, 11) is 0. The van der Waals surface area contributed by atoms with Crippen molar-refractivity contribution in [2.75, 3.05) is 13.1 Å². The van der Waals surface area contributed by atoms with Crippen molar-refractivity contribution in [1.82, 2.24) is 10.2 Å². The molecule has 3 rings (SSSR count). The molecule has 2 nitrogen and oxygen atoms in total. The Morgan fingerprint density at radius 2 is 2.05 bits per heavy atom. The Hall–Kier alpha value is -0.640. The van der Waals surface area contributed by atoms with Gasteiger partial charge in [-0.15, -0.1) is 0 Å². The molecule has 0 bridgehead atoms. The van der Waals surface area contributed by atoms with E-state index in [4.69, 9.17) is 11.6 Å². The molecule has 1 saturated heterocycles. The topological polar surface area (TPSA) is 15.3 Å². The van der Waals surface area contributed by atoms with Crippen molar-refractivity contribution in [3.63, 3.8) is 0 Å². The molecule has 0 radical (unpaired) electrons. The molecular weight excluding hydrogens is 287 g/mol. The summed E-state index contributed by atoms with van der Waals surface area (Å²) in [6.45, 7) is 9.24. The second-order valence-electron chi connectivity index (χ2n) is 7.43. The predicted octanol–water partition coefficient (Wildman–Crippen LogP) is 3.83. The summed E-state index contributed by atoms with van der Waals surface area (Å²) in [6, 6.07) is 5.28. The number of hydrogen-bond acceptors (Lipinski definition) is 2. The van der Waals surface area contributed by atoms with Crippen molar-refractivity contribution >= 4 is 11.6 Å². The lowest BCUT2D eigenvalue weighted by Gasteiger charge is -2.51. The van der Waals surface area contributed by atoms with Gasteiger partial charge in [-0.05, 0) is 45.6 Å². The molecule has 0 aromatic heterocycles. The number of halogens is 2. The van der Waals surface area contributed by atoms with Gasteiger partial charge in [-0.1, -0.05) is 23.7 Å². The lowest BCUT2D eigenvalue weighted by atomic mass is 9.86. The van der Waals surface area contributed by atoms with Gasteiger partial charge in [0.25, 0.3) is 0 Å². The second-order valence-corrected chi connectivity index (χ2v) is 7.83. The highest BCUT2D eigenvalue weighted by Gasteiger charge is 2.48. The zero-order valence-corrected chi connectivity index (χ0v) is 13.8. The number of rotatable bonds is 3. The molecule has 2 aliphatic rings. The normalized spacial score (nSPS) is 29.6. The number of hydrogen-bond donors (Lipinski definition) is 1. The molecule has 1 aliphatic carbocycles. The minimum atomic E-state index is -0.276. The summed E-state index contributed by atoms with van der Waals surface area (Å²) in [5.41, 5.74) is 0.865. The lowest BCUT2D eigenvalue weighted by Crippen LogP contribution is -2.67. The third kappa shape index (κ3) is 2.96. The van der Waals surface area contributed by atoms with Crippen molar-refractivity contribution in [3.8, 4) is 0 Å². The van der Waals surface area contributed by atoms with E-state index in [1.807, 2.05) is 12.1 Å². The Balaban J connectivity index is 1.82. The van der Waals surface area contributed by atoms with E-state index in [1.165, 1.54) is 12.8 Å². The zero-order chi connectivity index (χ0) is 15.3. The molecule has 0 spiro atoms. The molecular formula is C17H24ClFN2. The first-order valence-corrected chi connectivity index (χ1v) is 8.13. The highest BCUT2D eigenvalue weighted by molar-refractivity contribution is 6.30. The Kier molecular flexibility index (Phi) is 3.79. The number of nitrogens with zero attached hydrogens (tertiary/aromatic N) is 1. The van der Waals surface area contributed by atoms with Gasteiger partial charge in [-0.3, -0.25) is 4.90 Å². The highest BCUT2D eigenvalue weighted by atomic mass is 35.5. The molecule has 1 saturated carbocycles. The van der Waals surface area contributed by atoms with Crippen LogP contribution in [-0.2, 0) is 6.54 Å². The maximum absolute atomic E-state index is 14.2. The number of benzene rings is 1. The molecule has 4 heteroatoms. The van der Waals surface area contributed by atoms with E-state index in [9.17, 15) is 4.39 Å². The standard InChI is InChI=1S/C17H24ClFN2/c1-16(2)10-20-17(3,13-7-8-13)11-21(16)9-12-5-4-6-14(18)15(12)19/h4-6,13,20H,7-11H2,1-3H3. The van der Waals surface area contributed by atoms with Crippen LogP contribution >= 0.6 is 11.6 Å². The Morgan fingerprint density at radius 3 is 2.71 bits per heavy atom. The SMILES string of the molecule is CC1(C2CC2)CN(Cc2cccc(Cl)c2F)C(C)(C)CN1. The van der Waals surface area contributed by atoms with Gasteiger partial charge in [0.2, 0.25) is 0 Å². The van der Waals surface area contributed by atoms with Crippen LogP contribution in [0.4, 0.5) is 4.39 Å². The number of nitrogens with one attached hydrogen (secondary N) is 1. The summed E-state index contributed by atoms with van der Waals surface area (Å²) in [5.74, 6) is 0.488. The van der Waals surface area contributed by atoms with E-state index in [1.54, 1.807) is 6.07 Å². The molecule has 116 valence electrons. The molecule has 1 heterocycles. The summed E-state index contributed by atoms with van der Waals surface area (Å²) >= 11 is 5.91. The first kappa shape index (κ1) is 15.3. The molecule has 1 aromatic carbocycles. The fourth-order valence-electron chi connectivity index (χ4n) is 3.34. The Morgan fingerprint density at radius 1 is 1.33 bits per heavy atom. The molecule has 21 heavy (non-hydrogen) atoms. The third-order valence-corrected chi connectivity index (χ3v) is 5.46. The van der Waals surface area contributed by atoms with Crippen LogP contribution in [0.2, 0.25) is 5.02 Å². The van der Waals surface area contributed by atoms with E-state index < -0.39 is 0 Å². The van der Waals surface area contributed by atoms with E-state index in [0.29, 0.717) is 12.1 Å². The van der Waals surface area contributed by atoms with Gasteiger partial charge in [-0.2, -0.15) is 0 Å². The molecule has 1 unspecified atom stereocenters. The van der Waals surface area contributed by atoms with Crippen LogP contribution < -0.4 is 5.32 Å². The Labute approximate surface area is 131 Å². The fraction of sp³-hybridized carbons (Fsp3) is 0.647. The first-order valence-electron chi connectivity index (χ1n) is 7.75. The largest absolute Gasteiger partial charge is 0.308 e. The van der Waals surface area contributed by atoms with Crippen molar-refractivity contribution < 1.29 is 4.39 Å². The molecule has 1 aromatic rings. The van der Waals surface area contributed by atoms with Crippen molar-refractivity contribution in [2.24, 2.45) is 5.92 Å². The minimum Gasteiger partial charge on any atom is -0.308 e. The smallest absolute Gasteiger partial charge is 0.146 e. The minimum absolute atomic E-state index is 0.0170. The highest BCUT2D eigenvalue weighted by Crippen LogP contribution is 2.42. The number of piperazine rings is 1.